The van der Waals surface area contributed by atoms with Crippen molar-refractivity contribution in [2.24, 2.45) is 17.6 Å². The summed E-state index contributed by atoms with van der Waals surface area (Å²) in [5, 5.41) is 26.0. The summed E-state index contributed by atoms with van der Waals surface area (Å²) in [6, 6.07) is 20.5. The lowest BCUT2D eigenvalue weighted by atomic mass is 9.72. The van der Waals surface area contributed by atoms with Crippen LogP contribution in [0.5, 0.6) is 0 Å². The zero-order chi connectivity index (χ0) is 31.6. The Kier molecular flexibility index (Phi) is 12.8. The van der Waals surface area contributed by atoms with Gasteiger partial charge in [0.1, 0.15) is 0 Å². The van der Waals surface area contributed by atoms with Crippen LogP contribution in [0.3, 0.4) is 0 Å². The summed E-state index contributed by atoms with van der Waals surface area (Å²) in [6.45, 7) is 12.6. The molecule has 2 aromatic carbocycles. The number of rotatable bonds is 15. The van der Waals surface area contributed by atoms with Crippen molar-refractivity contribution in [1.29, 1.82) is 0 Å². The summed E-state index contributed by atoms with van der Waals surface area (Å²) < 4.78 is 0. The fraction of sp³-hybridized carbons (Fsp3) is 0.684. The van der Waals surface area contributed by atoms with Crippen LogP contribution in [0.4, 0.5) is 5.69 Å². The van der Waals surface area contributed by atoms with E-state index >= 15 is 0 Å². The van der Waals surface area contributed by atoms with Crippen LogP contribution >= 0.6 is 0 Å². The highest BCUT2D eigenvalue weighted by Gasteiger charge is 2.37. The van der Waals surface area contributed by atoms with E-state index in [9.17, 15) is 5.11 Å². The maximum atomic E-state index is 10.9. The molecule has 7 heteroatoms. The van der Waals surface area contributed by atoms with Gasteiger partial charge in [0.25, 0.3) is 0 Å². The van der Waals surface area contributed by atoms with Crippen LogP contribution in [0, 0.1) is 11.8 Å². The smallest absolute Gasteiger partial charge is 0.0794 e. The minimum absolute atomic E-state index is 0.0124. The number of nitrogens with one attached hydrogen (secondary N) is 4. The van der Waals surface area contributed by atoms with E-state index in [2.05, 4.69) is 95.5 Å². The Morgan fingerprint density at radius 1 is 0.933 bits per heavy atom. The van der Waals surface area contributed by atoms with Gasteiger partial charge in [0.2, 0.25) is 0 Å². The first-order valence-corrected chi connectivity index (χ1v) is 18.0. The SMILES string of the molecule is CC(C)(C)NCC1CC2CCCCC2CN1CC[C@@H](Cc1ccccc1)NC[C@H](CCN)NCC1Nc2ccccc2CC1O. The van der Waals surface area contributed by atoms with E-state index in [1.807, 2.05) is 6.07 Å². The molecule has 2 aromatic rings. The molecule has 2 aliphatic heterocycles. The second-order valence-corrected chi connectivity index (χ2v) is 15.3. The van der Waals surface area contributed by atoms with Crippen molar-refractivity contribution in [2.75, 3.05) is 44.6 Å². The van der Waals surface area contributed by atoms with Crippen LogP contribution in [-0.4, -0.2) is 85.1 Å². The summed E-state index contributed by atoms with van der Waals surface area (Å²) in [6.07, 6.45) is 10.4. The maximum absolute atomic E-state index is 10.9. The third kappa shape index (κ3) is 10.5. The summed E-state index contributed by atoms with van der Waals surface area (Å²) in [4.78, 5) is 2.84. The van der Waals surface area contributed by atoms with Crippen LogP contribution in [0.1, 0.15) is 76.8 Å². The molecule has 7 atom stereocenters. The lowest BCUT2D eigenvalue weighted by Gasteiger charge is -2.47. The predicted molar refractivity (Wildman–Crippen MR) is 189 cm³/mol. The Bertz CT molecular complexity index is 1140. The molecule has 0 bridgehead atoms. The van der Waals surface area contributed by atoms with E-state index in [0.29, 0.717) is 31.6 Å². The zero-order valence-electron chi connectivity index (χ0n) is 28.3. The van der Waals surface area contributed by atoms with Crippen LogP contribution < -0.4 is 27.0 Å². The first kappa shape index (κ1) is 34.3. The molecule has 7 nitrogen and oxygen atoms in total. The third-order valence-corrected chi connectivity index (χ3v) is 10.6. The summed E-state index contributed by atoms with van der Waals surface area (Å²) in [5.41, 5.74) is 9.96. The molecule has 7 N–H and O–H groups in total. The van der Waals surface area contributed by atoms with Gasteiger partial charge in [-0.1, -0.05) is 67.8 Å². The van der Waals surface area contributed by atoms with E-state index in [0.717, 1.165) is 56.4 Å². The molecule has 0 radical (unpaired) electrons. The van der Waals surface area contributed by atoms with Crippen molar-refractivity contribution in [2.45, 2.75) is 114 Å². The van der Waals surface area contributed by atoms with E-state index in [-0.39, 0.29) is 17.6 Å². The number of likely N-dealkylation sites (tertiary alicyclic amines) is 1. The molecule has 1 saturated heterocycles. The molecule has 5 unspecified atom stereocenters. The quantitative estimate of drug-likeness (QED) is 0.174. The van der Waals surface area contributed by atoms with E-state index < -0.39 is 6.10 Å². The second kappa shape index (κ2) is 16.7. The monoisotopic (exact) mass is 618 g/mol. The predicted octanol–water partition coefficient (Wildman–Crippen LogP) is 4.55. The fourth-order valence-corrected chi connectivity index (χ4v) is 7.96. The average Bonchev–Trinajstić information content (AvgIpc) is 3.03. The van der Waals surface area contributed by atoms with Gasteiger partial charge < -0.3 is 32.1 Å². The van der Waals surface area contributed by atoms with Gasteiger partial charge >= 0.3 is 0 Å². The Morgan fingerprint density at radius 3 is 2.47 bits per heavy atom. The number of aliphatic hydroxyl groups is 1. The average molecular weight is 619 g/mol. The Morgan fingerprint density at radius 2 is 1.69 bits per heavy atom. The molecular weight excluding hydrogens is 556 g/mol. The van der Waals surface area contributed by atoms with Gasteiger partial charge in [0.05, 0.1) is 12.1 Å². The number of piperidine rings is 1. The molecule has 2 heterocycles. The van der Waals surface area contributed by atoms with Crippen molar-refractivity contribution in [3.63, 3.8) is 0 Å². The largest absolute Gasteiger partial charge is 0.391 e. The number of anilines is 1. The van der Waals surface area contributed by atoms with Crippen molar-refractivity contribution in [3.05, 3.63) is 65.7 Å². The highest BCUT2D eigenvalue weighted by Crippen LogP contribution is 2.38. The van der Waals surface area contributed by atoms with Crippen molar-refractivity contribution in [3.8, 4) is 0 Å². The number of aliphatic hydroxyl groups excluding tert-OH is 1. The molecule has 5 rings (SSSR count). The minimum Gasteiger partial charge on any atom is -0.391 e. The van der Waals surface area contributed by atoms with E-state index in [4.69, 9.17) is 5.73 Å². The van der Waals surface area contributed by atoms with Crippen LogP contribution in [0.2, 0.25) is 0 Å². The molecular formula is C38H62N6O. The molecule has 3 aliphatic rings. The third-order valence-electron chi connectivity index (χ3n) is 10.6. The van der Waals surface area contributed by atoms with Crippen LogP contribution in [-0.2, 0) is 12.8 Å². The molecule has 1 saturated carbocycles. The Hall–Kier alpha value is -2.00. The van der Waals surface area contributed by atoms with E-state index in [1.54, 1.807) is 0 Å². The van der Waals surface area contributed by atoms with Crippen molar-refractivity contribution < 1.29 is 5.11 Å². The first-order chi connectivity index (χ1) is 21.8. The number of hydrogen-bond donors (Lipinski definition) is 6. The highest BCUT2D eigenvalue weighted by molar-refractivity contribution is 5.54. The molecule has 1 aliphatic carbocycles. The standard InChI is InChI=1S/C38H62N6O/c1-38(2,3)42-25-34-22-29-13-7-8-15-31(29)27-44(34)20-18-32(21-28-11-5-4-6-12-28)40-24-33(17-19-39)41-26-36-37(45)23-30-14-9-10-16-35(30)43-36/h4-6,9-12,14,16,29,31-34,36-37,40-43,45H,7-8,13,15,17-27,39H2,1-3H3/t29?,31?,32-,33-,34?,36?,37?/m0/s1. The number of hydrogen-bond acceptors (Lipinski definition) is 7. The van der Waals surface area contributed by atoms with Gasteiger partial charge in [-0.3, -0.25) is 4.90 Å². The molecule has 45 heavy (non-hydrogen) atoms. The van der Waals surface area contributed by atoms with Crippen LogP contribution in [0.15, 0.2) is 54.6 Å². The molecule has 0 amide bonds. The van der Waals surface area contributed by atoms with Gasteiger partial charge in [-0.15, -0.1) is 0 Å². The van der Waals surface area contributed by atoms with Gasteiger partial charge in [0.15, 0.2) is 0 Å². The Balaban J connectivity index is 1.20. The number of fused-ring (bicyclic) bond motifs is 2. The zero-order valence-corrected chi connectivity index (χ0v) is 28.3. The summed E-state index contributed by atoms with van der Waals surface area (Å²) in [7, 11) is 0. The number of nitrogens with two attached hydrogens (primary N) is 1. The number of nitrogens with zero attached hydrogens (tertiary/aromatic N) is 1. The summed E-state index contributed by atoms with van der Waals surface area (Å²) in [5.74, 6) is 1.78. The van der Waals surface area contributed by atoms with Gasteiger partial charge in [0, 0.05) is 62.0 Å². The van der Waals surface area contributed by atoms with Crippen molar-refractivity contribution >= 4 is 5.69 Å². The summed E-state index contributed by atoms with van der Waals surface area (Å²) >= 11 is 0. The lowest BCUT2D eigenvalue weighted by molar-refractivity contribution is 0.0335. The van der Waals surface area contributed by atoms with Crippen LogP contribution in [0.25, 0.3) is 0 Å². The fourth-order valence-electron chi connectivity index (χ4n) is 7.96. The molecule has 0 spiro atoms. The topological polar surface area (TPSA) is 97.6 Å². The van der Waals surface area contributed by atoms with Gasteiger partial charge in [-0.2, -0.15) is 0 Å². The molecule has 0 aromatic heterocycles. The van der Waals surface area contributed by atoms with Gasteiger partial charge in [-0.05, 0) is 95.0 Å². The first-order valence-electron chi connectivity index (χ1n) is 18.0. The highest BCUT2D eigenvalue weighted by atomic mass is 16.3. The van der Waals surface area contributed by atoms with E-state index in [1.165, 1.54) is 49.8 Å². The minimum atomic E-state index is -0.404. The maximum Gasteiger partial charge on any atom is 0.0794 e. The number of benzene rings is 2. The molecule has 2 fully saturated rings. The second-order valence-electron chi connectivity index (χ2n) is 15.3. The Labute approximate surface area is 273 Å². The lowest BCUT2D eigenvalue weighted by Crippen LogP contribution is -2.55. The molecule has 250 valence electrons. The number of para-hydroxylation sites is 1. The normalized spacial score (nSPS) is 26.8. The van der Waals surface area contributed by atoms with Gasteiger partial charge in [-0.25, -0.2) is 0 Å². The van der Waals surface area contributed by atoms with Crippen molar-refractivity contribution in [1.82, 2.24) is 20.9 Å².